The molecule has 0 atom stereocenters. The third-order valence-corrected chi connectivity index (χ3v) is 5.29. The van der Waals surface area contributed by atoms with Crippen molar-refractivity contribution in [3.8, 4) is 0 Å². The SMILES string of the molecule is Cc1nc2c(s1)CN(C(=O)c1cc3c(C(F)F)cccc3[nH]1)CC2. The fourth-order valence-corrected chi connectivity index (χ4v) is 4.15. The largest absolute Gasteiger partial charge is 0.351 e. The number of carbonyl (C=O) groups is 1. The Morgan fingerprint density at radius 2 is 2.25 bits per heavy atom. The number of rotatable bonds is 2. The highest BCUT2D eigenvalue weighted by atomic mass is 32.1. The van der Waals surface area contributed by atoms with Crippen molar-refractivity contribution in [2.45, 2.75) is 26.3 Å². The maximum atomic E-state index is 13.1. The van der Waals surface area contributed by atoms with Crippen LogP contribution in [0.4, 0.5) is 8.78 Å². The van der Waals surface area contributed by atoms with Crippen LogP contribution < -0.4 is 0 Å². The first-order valence-corrected chi connectivity index (χ1v) is 8.49. The van der Waals surface area contributed by atoms with Gasteiger partial charge in [0.15, 0.2) is 0 Å². The average Bonchev–Trinajstić information content (AvgIpc) is 3.14. The highest BCUT2D eigenvalue weighted by Crippen LogP contribution is 2.30. The van der Waals surface area contributed by atoms with E-state index in [9.17, 15) is 13.6 Å². The zero-order valence-corrected chi connectivity index (χ0v) is 13.8. The lowest BCUT2D eigenvalue weighted by Gasteiger charge is -2.25. The summed E-state index contributed by atoms with van der Waals surface area (Å²) in [5.74, 6) is -0.164. The second-order valence-electron chi connectivity index (χ2n) is 5.87. The summed E-state index contributed by atoms with van der Waals surface area (Å²) < 4.78 is 26.2. The number of halogens is 2. The van der Waals surface area contributed by atoms with Crippen LogP contribution in [-0.4, -0.2) is 27.3 Å². The van der Waals surface area contributed by atoms with Gasteiger partial charge in [0.05, 0.1) is 17.2 Å². The molecular weight excluding hydrogens is 332 g/mol. The van der Waals surface area contributed by atoms with Gasteiger partial charge >= 0.3 is 0 Å². The van der Waals surface area contributed by atoms with Crippen molar-refractivity contribution in [3.63, 3.8) is 0 Å². The van der Waals surface area contributed by atoms with Crippen molar-refractivity contribution in [3.05, 3.63) is 51.1 Å². The number of aryl methyl sites for hydroxylation is 1. The van der Waals surface area contributed by atoms with E-state index in [1.54, 1.807) is 28.4 Å². The molecule has 7 heteroatoms. The van der Waals surface area contributed by atoms with Crippen LogP contribution in [0.5, 0.6) is 0 Å². The Morgan fingerprint density at radius 3 is 3.04 bits per heavy atom. The first kappa shape index (κ1) is 15.3. The van der Waals surface area contributed by atoms with E-state index >= 15 is 0 Å². The number of amides is 1. The Morgan fingerprint density at radius 1 is 1.42 bits per heavy atom. The summed E-state index contributed by atoms with van der Waals surface area (Å²) in [4.78, 5) is 23.1. The molecule has 0 radical (unpaired) electrons. The summed E-state index contributed by atoms with van der Waals surface area (Å²) in [6.45, 7) is 3.07. The maximum absolute atomic E-state index is 13.1. The van der Waals surface area contributed by atoms with Crippen LogP contribution in [-0.2, 0) is 13.0 Å². The van der Waals surface area contributed by atoms with Crippen molar-refractivity contribution in [2.24, 2.45) is 0 Å². The van der Waals surface area contributed by atoms with Crippen LogP contribution in [0, 0.1) is 6.92 Å². The molecule has 1 aliphatic rings. The highest BCUT2D eigenvalue weighted by Gasteiger charge is 2.26. The third-order valence-electron chi connectivity index (χ3n) is 4.29. The number of hydrogen-bond donors (Lipinski definition) is 1. The molecule has 3 heterocycles. The molecule has 0 saturated heterocycles. The molecule has 4 rings (SSSR count). The second-order valence-corrected chi connectivity index (χ2v) is 7.16. The number of fused-ring (bicyclic) bond motifs is 2. The van der Waals surface area contributed by atoms with Gasteiger partial charge in [0.25, 0.3) is 12.3 Å². The fraction of sp³-hybridized carbons (Fsp3) is 0.294. The number of H-pyrrole nitrogens is 1. The van der Waals surface area contributed by atoms with Crippen molar-refractivity contribution >= 4 is 28.1 Å². The van der Waals surface area contributed by atoms with Crippen molar-refractivity contribution in [1.82, 2.24) is 14.9 Å². The number of aromatic amines is 1. The van der Waals surface area contributed by atoms with Gasteiger partial charge in [0.2, 0.25) is 0 Å². The molecule has 1 N–H and O–H groups in total. The third kappa shape index (κ3) is 2.49. The lowest BCUT2D eigenvalue weighted by molar-refractivity contribution is 0.0731. The number of hydrogen-bond acceptors (Lipinski definition) is 3. The summed E-state index contributed by atoms with van der Waals surface area (Å²) in [6.07, 6.45) is -1.83. The van der Waals surface area contributed by atoms with Crippen molar-refractivity contribution < 1.29 is 13.6 Å². The van der Waals surface area contributed by atoms with Gasteiger partial charge in [-0.1, -0.05) is 12.1 Å². The normalized spacial score (nSPS) is 14.4. The predicted octanol–water partition coefficient (Wildman–Crippen LogP) is 4.07. The summed E-state index contributed by atoms with van der Waals surface area (Å²) in [5, 5.41) is 1.41. The molecule has 24 heavy (non-hydrogen) atoms. The van der Waals surface area contributed by atoms with E-state index in [4.69, 9.17) is 0 Å². The van der Waals surface area contributed by atoms with Crippen LogP contribution in [0.15, 0.2) is 24.3 Å². The standard InChI is InChI=1S/C17H15F2N3OS/c1-9-20-13-5-6-22(8-15(13)24-9)17(23)14-7-11-10(16(18)19)3-2-4-12(11)21-14/h2-4,7,16,21H,5-6,8H2,1H3. The quantitative estimate of drug-likeness (QED) is 0.760. The Bertz CT molecular complexity index is 931. The van der Waals surface area contributed by atoms with Gasteiger partial charge in [-0.25, -0.2) is 13.8 Å². The number of alkyl halides is 2. The summed E-state index contributed by atoms with van der Waals surface area (Å²) in [5.41, 5.74) is 1.92. The molecule has 0 spiro atoms. The van der Waals surface area contributed by atoms with E-state index < -0.39 is 6.43 Å². The molecular formula is C17H15F2N3OS. The van der Waals surface area contributed by atoms with Gasteiger partial charge in [-0.15, -0.1) is 11.3 Å². The van der Waals surface area contributed by atoms with Crippen LogP contribution in [0.1, 0.15) is 38.1 Å². The molecule has 4 nitrogen and oxygen atoms in total. The average molecular weight is 347 g/mol. The Labute approximate surface area is 141 Å². The van der Waals surface area contributed by atoms with Gasteiger partial charge in [0, 0.05) is 34.3 Å². The van der Waals surface area contributed by atoms with E-state index in [0.717, 1.165) is 22.0 Å². The topological polar surface area (TPSA) is 49.0 Å². The minimum Gasteiger partial charge on any atom is -0.351 e. The maximum Gasteiger partial charge on any atom is 0.270 e. The summed E-state index contributed by atoms with van der Waals surface area (Å²) in [7, 11) is 0. The lowest BCUT2D eigenvalue weighted by atomic mass is 10.1. The van der Waals surface area contributed by atoms with E-state index in [-0.39, 0.29) is 11.5 Å². The van der Waals surface area contributed by atoms with E-state index in [1.165, 1.54) is 12.1 Å². The molecule has 0 saturated carbocycles. The first-order valence-electron chi connectivity index (χ1n) is 7.67. The summed E-state index contributed by atoms with van der Waals surface area (Å²) in [6, 6.07) is 6.20. The molecule has 0 bridgehead atoms. The molecule has 1 aliphatic heterocycles. The number of aromatic nitrogens is 2. The molecule has 2 aromatic heterocycles. The molecule has 1 aromatic carbocycles. The molecule has 0 aliphatic carbocycles. The second kappa shape index (κ2) is 5.66. The summed E-state index contributed by atoms with van der Waals surface area (Å²) >= 11 is 1.60. The Hall–Kier alpha value is -2.28. The van der Waals surface area contributed by atoms with Gasteiger partial charge in [0.1, 0.15) is 5.69 Å². The Balaban J connectivity index is 1.65. The van der Waals surface area contributed by atoms with Crippen LogP contribution in [0.25, 0.3) is 10.9 Å². The van der Waals surface area contributed by atoms with Gasteiger partial charge in [-0.3, -0.25) is 4.79 Å². The van der Waals surface area contributed by atoms with Crippen LogP contribution in [0.3, 0.4) is 0 Å². The van der Waals surface area contributed by atoms with Crippen molar-refractivity contribution in [1.29, 1.82) is 0 Å². The number of thiazole rings is 1. The van der Waals surface area contributed by atoms with Crippen molar-refractivity contribution in [2.75, 3.05) is 6.54 Å². The molecule has 124 valence electrons. The first-order chi connectivity index (χ1) is 11.5. The lowest BCUT2D eigenvalue weighted by Crippen LogP contribution is -2.35. The number of benzene rings is 1. The van der Waals surface area contributed by atoms with E-state index in [1.807, 2.05) is 6.92 Å². The number of nitrogens with zero attached hydrogens (tertiary/aromatic N) is 2. The smallest absolute Gasteiger partial charge is 0.270 e. The zero-order chi connectivity index (χ0) is 16.8. The highest BCUT2D eigenvalue weighted by molar-refractivity contribution is 7.11. The fourth-order valence-electron chi connectivity index (χ4n) is 3.15. The van der Waals surface area contributed by atoms with Crippen LogP contribution >= 0.6 is 11.3 Å². The molecule has 0 fully saturated rings. The monoisotopic (exact) mass is 347 g/mol. The molecule has 3 aromatic rings. The molecule has 0 unspecified atom stereocenters. The van der Waals surface area contributed by atoms with Gasteiger partial charge in [-0.2, -0.15) is 0 Å². The predicted molar refractivity (Wildman–Crippen MR) is 88.6 cm³/mol. The van der Waals surface area contributed by atoms with E-state index in [0.29, 0.717) is 29.7 Å². The minimum absolute atomic E-state index is 0.0539. The number of carbonyl (C=O) groups excluding carboxylic acids is 1. The van der Waals surface area contributed by atoms with E-state index in [2.05, 4.69) is 9.97 Å². The number of nitrogens with one attached hydrogen (secondary N) is 1. The molecule has 1 amide bonds. The van der Waals surface area contributed by atoms with Crippen LogP contribution in [0.2, 0.25) is 0 Å². The minimum atomic E-state index is -2.56. The Kier molecular flexibility index (Phi) is 3.60. The zero-order valence-electron chi connectivity index (χ0n) is 13.0. The van der Waals surface area contributed by atoms with Gasteiger partial charge in [-0.05, 0) is 19.1 Å². The van der Waals surface area contributed by atoms with Gasteiger partial charge < -0.3 is 9.88 Å².